The molecule has 0 N–H and O–H groups in total. The second-order valence-corrected chi connectivity index (χ2v) is 5.65. The second-order valence-electron chi connectivity index (χ2n) is 4.74. The Hall–Kier alpha value is -0.420. The summed E-state index contributed by atoms with van der Waals surface area (Å²) in [7, 11) is 1.77. The van der Waals surface area contributed by atoms with Gasteiger partial charge in [-0.3, -0.25) is 9.80 Å². The zero-order valence-electron chi connectivity index (χ0n) is 10.9. The van der Waals surface area contributed by atoms with Crippen LogP contribution in [-0.4, -0.2) is 56.2 Å². The first-order chi connectivity index (χ1) is 8.78. The summed E-state index contributed by atoms with van der Waals surface area (Å²) in [6.07, 6.45) is 0. The Kier molecular flexibility index (Phi) is 5.63. The normalized spacial score (nSPS) is 18.1. The summed E-state index contributed by atoms with van der Waals surface area (Å²) in [6, 6.07) is 8.62. The van der Waals surface area contributed by atoms with Gasteiger partial charge in [0.2, 0.25) is 0 Å². The van der Waals surface area contributed by atoms with E-state index < -0.39 is 0 Å². The maximum absolute atomic E-state index is 5.12. The molecule has 0 unspecified atom stereocenters. The van der Waals surface area contributed by atoms with Crippen molar-refractivity contribution in [2.24, 2.45) is 0 Å². The van der Waals surface area contributed by atoms with Crippen LogP contribution in [0.1, 0.15) is 5.56 Å². The number of methoxy groups -OCH3 is 1. The molecule has 4 heteroatoms. The van der Waals surface area contributed by atoms with Gasteiger partial charge >= 0.3 is 0 Å². The summed E-state index contributed by atoms with van der Waals surface area (Å²) in [5.74, 6) is 0. The highest BCUT2D eigenvalue weighted by molar-refractivity contribution is 9.10. The maximum Gasteiger partial charge on any atom is 0.0589 e. The van der Waals surface area contributed by atoms with Crippen LogP contribution in [0.25, 0.3) is 0 Å². The van der Waals surface area contributed by atoms with Crippen LogP contribution >= 0.6 is 15.9 Å². The fraction of sp³-hybridized carbons (Fsp3) is 0.571. The van der Waals surface area contributed by atoms with Crippen LogP contribution in [0.5, 0.6) is 0 Å². The second kappa shape index (κ2) is 7.24. The number of benzene rings is 1. The minimum atomic E-state index is 0.840. The van der Waals surface area contributed by atoms with E-state index in [1.165, 1.54) is 5.56 Å². The molecule has 18 heavy (non-hydrogen) atoms. The molecule has 0 amide bonds. The zero-order valence-corrected chi connectivity index (χ0v) is 12.5. The first-order valence-electron chi connectivity index (χ1n) is 6.46. The summed E-state index contributed by atoms with van der Waals surface area (Å²) in [5.41, 5.74) is 1.39. The van der Waals surface area contributed by atoms with Gasteiger partial charge in [0, 0.05) is 50.9 Å². The molecule has 1 aliphatic rings. The molecule has 100 valence electrons. The lowest BCUT2D eigenvalue weighted by atomic mass is 10.2. The van der Waals surface area contributed by atoms with Crippen molar-refractivity contribution in [2.45, 2.75) is 6.54 Å². The molecule has 0 aliphatic carbocycles. The van der Waals surface area contributed by atoms with E-state index in [9.17, 15) is 0 Å². The number of rotatable bonds is 5. The van der Waals surface area contributed by atoms with Gasteiger partial charge in [0.1, 0.15) is 0 Å². The molecule has 0 aromatic heterocycles. The number of ether oxygens (including phenoxy) is 1. The van der Waals surface area contributed by atoms with Crippen LogP contribution in [0, 0.1) is 0 Å². The summed E-state index contributed by atoms with van der Waals surface area (Å²) >= 11 is 3.47. The van der Waals surface area contributed by atoms with Crippen LogP contribution in [-0.2, 0) is 11.3 Å². The summed E-state index contributed by atoms with van der Waals surface area (Å²) < 4.78 is 6.27. The molecule has 1 fully saturated rings. The fourth-order valence-corrected chi connectivity index (χ4v) is 2.50. The fourth-order valence-electron chi connectivity index (χ4n) is 2.24. The summed E-state index contributed by atoms with van der Waals surface area (Å²) in [6.45, 7) is 7.57. The van der Waals surface area contributed by atoms with Crippen molar-refractivity contribution in [3.05, 3.63) is 34.3 Å². The first kappa shape index (κ1) is 14.0. The van der Waals surface area contributed by atoms with E-state index in [0.29, 0.717) is 0 Å². The number of nitrogens with zero attached hydrogens (tertiary/aromatic N) is 2. The van der Waals surface area contributed by atoms with Gasteiger partial charge in [-0.15, -0.1) is 0 Å². The molecule has 0 radical (unpaired) electrons. The molecular weight excluding hydrogens is 292 g/mol. The van der Waals surface area contributed by atoms with Crippen molar-refractivity contribution in [3.63, 3.8) is 0 Å². The molecule has 1 aromatic rings. The van der Waals surface area contributed by atoms with E-state index in [-0.39, 0.29) is 0 Å². The largest absolute Gasteiger partial charge is 0.383 e. The highest BCUT2D eigenvalue weighted by atomic mass is 79.9. The Morgan fingerprint density at radius 2 is 1.67 bits per heavy atom. The molecule has 1 aliphatic heterocycles. The van der Waals surface area contributed by atoms with Gasteiger partial charge in [0.15, 0.2) is 0 Å². The molecule has 1 saturated heterocycles. The predicted octanol–water partition coefficient (Wildman–Crippen LogP) is 2.21. The lowest BCUT2D eigenvalue weighted by Crippen LogP contribution is -2.46. The third-order valence-electron chi connectivity index (χ3n) is 3.40. The zero-order chi connectivity index (χ0) is 12.8. The van der Waals surface area contributed by atoms with Gasteiger partial charge in [-0.1, -0.05) is 28.1 Å². The highest BCUT2D eigenvalue weighted by Gasteiger charge is 2.16. The molecule has 0 spiro atoms. The molecular formula is C14H21BrN2O. The number of hydrogen-bond donors (Lipinski definition) is 0. The third-order valence-corrected chi connectivity index (χ3v) is 3.92. The molecule has 1 aromatic carbocycles. The standard InChI is InChI=1S/C14H21BrN2O/c1-18-11-10-16-6-8-17(9-7-16)12-13-2-4-14(15)5-3-13/h2-5H,6-12H2,1H3. The molecule has 3 nitrogen and oxygen atoms in total. The van der Waals surface area contributed by atoms with E-state index >= 15 is 0 Å². The molecule has 0 saturated carbocycles. The van der Waals surface area contributed by atoms with E-state index in [0.717, 1.165) is 50.3 Å². The topological polar surface area (TPSA) is 15.7 Å². The van der Waals surface area contributed by atoms with Crippen molar-refractivity contribution in [1.29, 1.82) is 0 Å². The lowest BCUT2D eigenvalue weighted by molar-refractivity contribution is 0.0938. The predicted molar refractivity (Wildman–Crippen MR) is 77.7 cm³/mol. The minimum absolute atomic E-state index is 0.840. The van der Waals surface area contributed by atoms with Crippen molar-refractivity contribution in [2.75, 3.05) is 46.4 Å². The van der Waals surface area contributed by atoms with Crippen molar-refractivity contribution < 1.29 is 4.74 Å². The lowest BCUT2D eigenvalue weighted by Gasteiger charge is -2.34. The van der Waals surface area contributed by atoms with Crippen molar-refractivity contribution in [3.8, 4) is 0 Å². The quantitative estimate of drug-likeness (QED) is 0.829. The number of piperazine rings is 1. The maximum atomic E-state index is 5.12. The highest BCUT2D eigenvalue weighted by Crippen LogP contribution is 2.13. The van der Waals surface area contributed by atoms with Gasteiger partial charge in [-0.05, 0) is 17.7 Å². The van der Waals surface area contributed by atoms with Crippen LogP contribution in [0.15, 0.2) is 28.7 Å². The van der Waals surface area contributed by atoms with Crippen LogP contribution in [0.4, 0.5) is 0 Å². The Morgan fingerprint density at radius 1 is 1.06 bits per heavy atom. The van der Waals surface area contributed by atoms with Crippen LogP contribution in [0.2, 0.25) is 0 Å². The Morgan fingerprint density at radius 3 is 2.28 bits per heavy atom. The number of hydrogen-bond acceptors (Lipinski definition) is 3. The van der Waals surface area contributed by atoms with Gasteiger partial charge in [0.25, 0.3) is 0 Å². The summed E-state index contributed by atoms with van der Waals surface area (Å²) in [5, 5.41) is 0. The molecule has 0 atom stereocenters. The molecule has 1 heterocycles. The van der Waals surface area contributed by atoms with E-state index in [1.807, 2.05) is 0 Å². The van der Waals surface area contributed by atoms with Gasteiger partial charge in [0.05, 0.1) is 6.61 Å². The summed E-state index contributed by atoms with van der Waals surface area (Å²) in [4.78, 5) is 4.99. The molecule has 2 rings (SSSR count). The Bertz CT molecular complexity index is 347. The Labute approximate surface area is 118 Å². The average molecular weight is 313 g/mol. The minimum Gasteiger partial charge on any atom is -0.383 e. The average Bonchev–Trinajstić information content (AvgIpc) is 2.41. The van der Waals surface area contributed by atoms with Crippen molar-refractivity contribution in [1.82, 2.24) is 9.80 Å². The van der Waals surface area contributed by atoms with E-state index in [4.69, 9.17) is 4.74 Å². The number of halogens is 1. The molecule has 0 bridgehead atoms. The van der Waals surface area contributed by atoms with E-state index in [1.54, 1.807) is 7.11 Å². The van der Waals surface area contributed by atoms with Crippen molar-refractivity contribution >= 4 is 15.9 Å². The van der Waals surface area contributed by atoms with Gasteiger partial charge in [-0.25, -0.2) is 0 Å². The first-order valence-corrected chi connectivity index (χ1v) is 7.25. The Balaban J connectivity index is 1.74. The SMILES string of the molecule is COCCN1CCN(Cc2ccc(Br)cc2)CC1. The van der Waals surface area contributed by atoms with Gasteiger partial charge < -0.3 is 4.74 Å². The monoisotopic (exact) mass is 312 g/mol. The van der Waals surface area contributed by atoms with E-state index in [2.05, 4.69) is 50.0 Å². The van der Waals surface area contributed by atoms with Gasteiger partial charge in [-0.2, -0.15) is 0 Å². The van der Waals surface area contributed by atoms with Crippen LogP contribution in [0.3, 0.4) is 0 Å². The third kappa shape index (κ3) is 4.35. The van der Waals surface area contributed by atoms with Crippen LogP contribution < -0.4 is 0 Å². The smallest absolute Gasteiger partial charge is 0.0589 e.